The lowest BCUT2D eigenvalue weighted by atomic mass is 10.0. The van der Waals surface area contributed by atoms with Crippen LogP contribution in [-0.2, 0) is 24.4 Å². The Morgan fingerprint density at radius 1 is 1.25 bits per heavy atom. The molecular formula is C15H22N4O. The molecular weight excluding hydrogens is 252 g/mol. The molecule has 0 radical (unpaired) electrons. The van der Waals surface area contributed by atoms with Gasteiger partial charge in [0, 0.05) is 13.7 Å². The molecule has 0 fully saturated rings. The van der Waals surface area contributed by atoms with E-state index in [0.29, 0.717) is 25.6 Å². The zero-order valence-electron chi connectivity index (χ0n) is 12.3. The Kier molecular flexibility index (Phi) is 4.87. The molecule has 108 valence electrons. The molecule has 1 aromatic carbocycles. The van der Waals surface area contributed by atoms with E-state index in [4.69, 9.17) is 10.5 Å². The van der Waals surface area contributed by atoms with Crippen molar-refractivity contribution in [1.82, 2.24) is 15.0 Å². The molecule has 0 saturated carbocycles. The summed E-state index contributed by atoms with van der Waals surface area (Å²) in [5, 5.41) is 8.27. The third-order valence-electron chi connectivity index (χ3n) is 3.37. The van der Waals surface area contributed by atoms with E-state index in [-0.39, 0.29) is 0 Å². The first kappa shape index (κ1) is 14.7. The molecule has 0 bridgehead atoms. The molecule has 1 aromatic heterocycles. The second-order valence-electron chi connectivity index (χ2n) is 5.17. The Bertz CT molecular complexity index is 546. The van der Waals surface area contributed by atoms with Crippen LogP contribution in [0.3, 0.4) is 0 Å². The van der Waals surface area contributed by atoms with E-state index in [2.05, 4.69) is 48.4 Å². The Morgan fingerprint density at radius 3 is 2.50 bits per heavy atom. The van der Waals surface area contributed by atoms with Gasteiger partial charge < -0.3 is 10.5 Å². The van der Waals surface area contributed by atoms with Crippen molar-refractivity contribution < 1.29 is 4.74 Å². The fourth-order valence-electron chi connectivity index (χ4n) is 2.13. The summed E-state index contributed by atoms with van der Waals surface area (Å²) in [5.74, 6) is 0.545. The summed E-state index contributed by atoms with van der Waals surface area (Å²) in [6.45, 7) is 5.92. The highest BCUT2D eigenvalue weighted by atomic mass is 16.5. The van der Waals surface area contributed by atoms with Crippen molar-refractivity contribution in [3.05, 3.63) is 46.8 Å². The first-order valence-corrected chi connectivity index (χ1v) is 6.84. The number of aromatic nitrogens is 3. The van der Waals surface area contributed by atoms with Gasteiger partial charge in [-0.05, 0) is 17.0 Å². The molecule has 5 nitrogen and oxygen atoms in total. The molecule has 2 N–H and O–H groups in total. The highest BCUT2D eigenvalue weighted by molar-refractivity contribution is 5.25. The summed E-state index contributed by atoms with van der Waals surface area (Å²) >= 11 is 0. The van der Waals surface area contributed by atoms with Crippen LogP contribution in [0.2, 0.25) is 0 Å². The largest absolute Gasteiger partial charge is 0.378 e. The third kappa shape index (κ3) is 3.23. The van der Waals surface area contributed by atoms with Crippen molar-refractivity contribution in [2.45, 2.75) is 39.5 Å². The molecule has 0 amide bonds. The van der Waals surface area contributed by atoms with Gasteiger partial charge in [0.25, 0.3) is 0 Å². The minimum Gasteiger partial charge on any atom is -0.378 e. The molecule has 0 saturated heterocycles. The highest BCUT2D eigenvalue weighted by Gasteiger charge is 2.11. The van der Waals surface area contributed by atoms with E-state index in [1.807, 2.05) is 4.68 Å². The standard InChI is InChI=1S/C15H22N4O/c1-11(2)13-6-4-12(5-7-13)9-19-15(10-20-3)14(8-16)17-18-19/h4-7,11H,8-10,16H2,1-3H3. The molecule has 0 aliphatic carbocycles. The summed E-state index contributed by atoms with van der Waals surface area (Å²) in [6.07, 6.45) is 0. The van der Waals surface area contributed by atoms with E-state index in [0.717, 1.165) is 11.4 Å². The molecule has 2 aromatic rings. The number of nitrogens with zero attached hydrogens (tertiary/aromatic N) is 3. The van der Waals surface area contributed by atoms with Crippen LogP contribution in [0.4, 0.5) is 0 Å². The lowest BCUT2D eigenvalue weighted by Crippen LogP contribution is -2.09. The molecule has 0 spiro atoms. The molecule has 0 aliphatic heterocycles. The Labute approximate surface area is 119 Å². The number of ether oxygens (including phenoxy) is 1. The fraction of sp³-hybridized carbons (Fsp3) is 0.467. The zero-order chi connectivity index (χ0) is 14.5. The van der Waals surface area contributed by atoms with Crippen molar-refractivity contribution in [3.63, 3.8) is 0 Å². The van der Waals surface area contributed by atoms with Gasteiger partial charge in [-0.2, -0.15) is 0 Å². The van der Waals surface area contributed by atoms with E-state index < -0.39 is 0 Å². The summed E-state index contributed by atoms with van der Waals surface area (Å²) in [5.41, 5.74) is 9.95. The van der Waals surface area contributed by atoms with Crippen LogP contribution >= 0.6 is 0 Å². The van der Waals surface area contributed by atoms with Crippen molar-refractivity contribution in [2.24, 2.45) is 5.73 Å². The van der Waals surface area contributed by atoms with Gasteiger partial charge >= 0.3 is 0 Å². The molecule has 0 atom stereocenters. The van der Waals surface area contributed by atoms with Gasteiger partial charge in [-0.3, -0.25) is 0 Å². The summed E-state index contributed by atoms with van der Waals surface area (Å²) in [7, 11) is 1.66. The van der Waals surface area contributed by atoms with Crippen LogP contribution in [0.25, 0.3) is 0 Å². The Morgan fingerprint density at radius 2 is 1.95 bits per heavy atom. The number of benzene rings is 1. The lowest BCUT2D eigenvalue weighted by molar-refractivity contribution is 0.176. The summed E-state index contributed by atoms with van der Waals surface area (Å²) in [4.78, 5) is 0. The van der Waals surface area contributed by atoms with Gasteiger partial charge in [0.1, 0.15) is 5.69 Å². The fourth-order valence-corrected chi connectivity index (χ4v) is 2.13. The van der Waals surface area contributed by atoms with E-state index in [1.54, 1.807) is 7.11 Å². The summed E-state index contributed by atoms with van der Waals surface area (Å²) < 4.78 is 7.06. The van der Waals surface area contributed by atoms with E-state index in [1.165, 1.54) is 11.1 Å². The quantitative estimate of drug-likeness (QED) is 0.875. The van der Waals surface area contributed by atoms with Crippen molar-refractivity contribution in [3.8, 4) is 0 Å². The molecule has 0 aliphatic rings. The zero-order valence-corrected chi connectivity index (χ0v) is 12.3. The smallest absolute Gasteiger partial charge is 0.102 e. The predicted octanol–water partition coefficient (Wildman–Crippen LogP) is 2.05. The lowest BCUT2D eigenvalue weighted by Gasteiger charge is -2.09. The number of methoxy groups -OCH3 is 1. The molecule has 20 heavy (non-hydrogen) atoms. The number of rotatable bonds is 6. The Hall–Kier alpha value is -1.72. The predicted molar refractivity (Wildman–Crippen MR) is 78.3 cm³/mol. The van der Waals surface area contributed by atoms with Crippen LogP contribution in [0.1, 0.15) is 42.3 Å². The van der Waals surface area contributed by atoms with Crippen molar-refractivity contribution in [2.75, 3.05) is 7.11 Å². The highest BCUT2D eigenvalue weighted by Crippen LogP contribution is 2.16. The van der Waals surface area contributed by atoms with Crippen LogP contribution < -0.4 is 5.73 Å². The third-order valence-corrected chi connectivity index (χ3v) is 3.37. The Balaban J connectivity index is 2.19. The number of hydrogen-bond acceptors (Lipinski definition) is 4. The van der Waals surface area contributed by atoms with Crippen LogP contribution in [0, 0.1) is 0 Å². The van der Waals surface area contributed by atoms with Gasteiger partial charge in [-0.15, -0.1) is 5.10 Å². The van der Waals surface area contributed by atoms with E-state index in [9.17, 15) is 0 Å². The van der Waals surface area contributed by atoms with Gasteiger partial charge in [-0.1, -0.05) is 43.3 Å². The molecule has 0 unspecified atom stereocenters. The number of hydrogen-bond donors (Lipinski definition) is 1. The van der Waals surface area contributed by atoms with E-state index >= 15 is 0 Å². The average Bonchev–Trinajstić information content (AvgIpc) is 2.82. The first-order valence-electron chi connectivity index (χ1n) is 6.84. The number of nitrogens with two attached hydrogens (primary N) is 1. The monoisotopic (exact) mass is 274 g/mol. The molecule has 2 rings (SSSR count). The van der Waals surface area contributed by atoms with Crippen molar-refractivity contribution >= 4 is 0 Å². The van der Waals surface area contributed by atoms with Gasteiger partial charge in [0.15, 0.2) is 0 Å². The molecule has 5 heteroatoms. The average molecular weight is 274 g/mol. The maximum absolute atomic E-state index is 5.67. The van der Waals surface area contributed by atoms with Crippen molar-refractivity contribution in [1.29, 1.82) is 0 Å². The topological polar surface area (TPSA) is 66.0 Å². The normalized spacial score (nSPS) is 11.2. The second-order valence-corrected chi connectivity index (χ2v) is 5.17. The SMILES string of the molecule is COCc1c(CN)nnn1Cc1ccc(C(C)C)cc1. The maximum Gasteiger partial charge on any atom is 0.102 e. The van der Waals surface area contributed by atoms with Gasteiger partial charge in [0.05, 0.1) is 18.8 Å². The van der Waals surface area contributed by atoms with Crippen LogP contribution in [0.5, 0.6) is 0 Å². The summed E-state index contributed by atoms with van der Waals surface area (Å²) in [6, 6.07) is 8.60. The molecule has 1 heterocycles. The minimum absolute atomic E-state index is 0.380. The minimum atomic E-state index is 0.380. The van der Waals surface area contributed by atoms with Gasteiger partial charge in [-0.25, -0.2) is 4.68 Å². The van der Waals surface area contributed by atoms with Gasteiger partial charge in [0.2, 0.25) is 0 Å². The second kappa shape index (κ2) is 6.63. The van der Waals surface area contributed by atoms with Crippen LogP contribution in [0.15, 0.2) is 24.3 Å². The maximum atomic E-state index is 5.67. The van der Waals surface area contributed by atoms with Crippen LogP contribution in [-0.4, -0.2) is 22.1 Å². The first-order chi connectivity index (χ1) is 9.65.